The molecule has 0 atom stereocenters. The molecule has 0 aliphatic carbocycles. The predicted molar refractivity (Wildman–Crippen MR) is 107 cm³/mol. The minimum atomic E-state index is -3.52. The third-order valence-electron chi connectivity index (χ3n) is 4.83. The number of morpholine rings is 1. The number of nitrogens with zero attached hydrogens (tertiary/aromatic N) is 3. The minimum Gasteiger partial charge on any atom is -0.379 e. The fraction of sp³-hybridized carbons (Fsp3) is 0.300. The molecule has 3 aromatic rings. The van der Waals surface area contributed by atoms with E-state index in [0.717, 1.165) is 11.1 Å². The van der Waals surface area contributed by atoms with Gasteiger partial charge in [0.05, 0.1) is 18.1 Å². The lowest BCUT2D eigenvalue weighted by Gasteiger charge is -2.26. The quantitative estimate of drug-likeness (QED) is 0.685. The minimum absolute atomic E-state index is 0.241. The lowest BCUT2D eigenvalue weighted by molar-refractivity contribution is 0.0730. The molecule has 1 aliphatic rings. The van der Waals surface area contributed by atoms with E-state index in [1.807, 2.05) is 25.3 Å². The van der Waals surface area contributed by atoms with Crippen LogP contribution in [0.5, 0.6) is 0 Å². The Morgan fingerprint density at radius 3 is 2.62 bits per heavy atom. The molecule has 1 saturated heterocycles. The summed E-state index contributed by atoms with van der Waals surface area (Å²) in [6, 6.07) is 10.4. The van der Waals surface area contributed by atoms with E-state index in [1.54, 1.807) is 34.9 Å². The first-order valence-electron chi connectivity index (χ1n) is 9.34. The summed E-state index contributed by atoms with van der Waals surface area (Å²) in [5.41, 5.74) is 2.93. The van der Waals surface area contributed by atoms with Gasteiger partial charge in [0.2, 0.25) is 10.0 Å². The zero-order valence-electron chi connectivity index (χ0n) is 16.0. The molecule has 2 aromatic heterocycles. The highest BCUT2D eigenvalue weighted by atomic mass is 32.2. The Labute approximate surface area is 169 Å². The molecule has 0 saturated carbocycles. The normalized spacial score (nSPS) is 15.5. The molecule has 0 spiro atoms. The Bertz CT molecular complexity index is 1130. The van der Waals surface area contributed by atoms with Crippen molar-refractivity contribution in [1.82, 2.24) is 19.0 Å². The SMILES string of the molecule is Cc1ccn2cc(C(=O)NCc3ccc(S(=O)(=O)N4CCOCC4)cc3)nc2c1. The number of hydrogen-bond donors (Lipinski definition) is 1. The standard InChI is InChI=1S/C20H22N4O4S/c1-15-6-7-23-14-18(22-19(23)12-15)20(25)21-13-16-2-4-17(5-3-16)29(26,27)24-8-10-28-11-9-24/h2-7,12,14H,8-11,13H2,1H3,(H,21,25). The number of sulfonamides is 1. The Morgan fingerprint density at radius 2 is 1.90 bits per heavy atom. The molecule has 0 unspecified atom stereocenters. The maximum atomic E-state index is 12.6. The van der Waals surface area contributed by atoms with Gasteiger partial charge in [0, 0.05) is 32.0 Å². The molecular formula is C20H22N4O4S. The van der Waals surface area contributed by atoms with Gasteiger partial charge in [0.1, 0.15) is 11.3 Å². The number of amides is 1. The van der Waals surface area contributed by atoms with Gasteiger partial charge >= 0.3 is 0 Å². The largest absolute Gasteiger partial charge is 0.379 e. The summed E-state index contributed by atoms with van der Waals surface area (Å²) in [5.74, 6) is -0.281. The van der Waals surface area contributed by atoms with Crippen molar-refractivity contribution in [2.45, 2.75) is 18.4 Å². The number of imidazole rings is 1. The van der Waals surface area contributed by atoms with Crippen molar-refractivity contribution in [3.8, 4) is 0 Å². The van der Waals surface area contributed by atoms with Crippen molar-refractivity contribution in [3.05, 3.63) is 65.6 Å². The lowest BCUT2D eigenvalue weighted by atomic mass is 10.2. The van der Waals surface area contributed by atoms with E-state index in [2.05, 4.69) is 10.3 Å². The maximum absolute atomic E-state index is 12.6. The molecule has 1 amide bonds. The molecule has 1 aromatic carbocycles. The van der Waals surface area contributed by atoms with Gasteiger partial charge in [-0.25, -0.2) is 13.4 Å². The second-order valence-electron chi connectivity index (χ2n) is 6.94. The molecule has 8 nitrogen and oxygen atoms in total. The number of hydrogen-bond acceptors (Lipinski definition) is 5. The van der Waals surface area contributed by atoms with Gasteiger partial charge in [-0.15, -0.1) is 0 Å². The van der Waals surface area contributed by atoms with Crippen LogP contribution in [0.4, 0.5) is 0 Å². The van der Waals surface area contributed by atoms with Crippen molar-refractivity contribution in [1.29, 1.82) is 0 Å². The zero-order chi connectivity index (χ0) is 20.4. The van der Waals surface area contributed by atoms with E-state index in [1.165, 1.54) is 4.31 Å². The van der Waals surface area contributed by atoms with Gasteiger partial charge in [-0.1, -0.05) is 12.1 Å². The molecule has 0 bridgehead atoms. The van der Waals surface area contributed by atoms with Crippen molar-refractivity contribution < 1.29 is 17.9 Å². The summed E-state index contributed by atoms with van der Waals surface area (Å²) >= 11 is 0. The first-order chi connectivity index (χ1) is 13.9. The number of carbonyl (C=O) groups excluding carboxylic acids is 1. The van der Waals surface area contributed by atoms with Crippen LogP contribution in [0.25, 0.3) is 5.65 Å². The number of aryl methyl sites for hydroxylation is 1. The first kappa shape index (κ1) is 19.6. The second-order valence-corrected chi connectivity index (χ2v) is 8.88. The van der Waals surface area contributed by atoms with Crippen molar-refractivity contribution in [3.63, 3.8) is 0 Å². The number of rotatable bonds is 5. The fourth-order valence-corrected chi connectivity index (χ4v) is 4.59. The summed E-state index contributed by atoms with van der Waals surface area (Å²) < 4.78 is 33.7. The Kier molecular flexibility index (Phi) is 5.35. The summed E-state index contributed by atoms with van der Waals surface area (Å²) in [6.45, 7) is 3.79. The van der Waals surface area contributed by atoms with E-state index in [9.17, 15) is 13.2 Å². The number of ether oxygens (including phenoxy) is 1. The van der Waals surface area contributed by atoms with Crippen LogP contribution in [-0.4, -0.2) is 54.3 Å². The van der Waals surface area contributed by atoms with Gasteiger partial charge in [-0.2, -0.15) is 4.31 Å². The summed E-state index contributed by atoms with van der Waals surface area (Å²) in [5, 5.41) is 2.82. The van der Waals surface area contributed by atoms with Crippen LogP contribution in [0.15, 0.2) is 53.7 Å². The number of benzene rings is 1. The average Bonchev–Trinajstić information content (AvgIpc) is 3.16. The molecule has 1 N–H and O–H groups in total. The van der Waals surface area contributed by atoms with E-state index < -0.39 is 10.0 Å². The monoisotopic (exact) mass is 414 g/mol. The van der Waals surface area contributed by atoms with Crippen LogP contribution < -0.4 is 5.32 Å². The molecule has 29 heavy (non-hydrogen) atoms. The van der Waals surface area contributed by atoms with E-state index in [0.29, 0.717) is 37.6 Å². The molecule has 152 valence electrons. The van der Waals surface area contributed by atoms with E-state index in [4.69, 9.17) is 4.74 Å². The molecule has 1 aliphatic heterocycles. The zero-order valence-corrected chi connectivity index (χ0v) is 16.9. The van der Waals surface area contributed by atoms with E-state index >= 15 is 0 Å². The van der Waals surface area contributed by atoms with Crippen LogP contribution in [0.1, 0.15) is 21.6 Å². The van der Waals surface area contributed by atoms with Crippen molar-refractivity contribution in [2.24, 2.45) is 0 Å². The van der Waals surface area contributed by atoms with E-state index in [-0.39, 0.29) is 17.3 Å². The summed E-state index contributed by atoms with van der Waals surface area (Å²) in [6.07, 6.45) is 3.55. The number of fused-ring (bicyclic) bond motifs is 1. The molecule has 3 heterocycles. The fourth-order valence-electron chi connectivity index (χ4n) is 3.18. The second kappa shape index (κ2) is 7.94. The van der Waals surface area contributed by atoms with Crippen LogP contribution in [0.3, 0.4) is 0 Å². The summed E-state index contributed by atoms with van der Waals surface area (Å²) in [4.78, 5) is 17.0. The number of aromatic nitrogens is 2. The molecule has 9 heteroatoms. The predicted octanol–water partition coefficient (Wildman–Crippen LogP) is 1.59. The molecular weight excluding hydrogens is 392 g/mol. The first-order valence-corrected chi connectivity index (χ1v) is 10.8. The Hall–Kier alpha value is -2.75. The molecule has 0 radical (unpaired) electrons. The topological polar surface area (TPSA) is 93.0 Å². The Balaban J connectivity index is 1.41. The van der Waals surface area contributed by atoms with Crippen LogP contribution in [0.2, 0.25) is 0 Å². The van der Waals surface area contributed by atoms with Crippen LogP contribution >= 0.6 is 0 Å². The van der Waals surface area contributed by atoms with Gasteiger partial charge in [0.25, 0.3) is 5.91 Å². The average molecular weight is 414 g/mol. The summed E-state index contributed by atoms with van der Waals surface area (Å²) in [7, 11) is -3.52. The van der Waals surface area contributed by atoms with Crippen LogP contribution in [0, 0.1) is 6.92 Å². The van der Waals surface area contributed by atoms with Gasteiger partial charge < -0.3 is 14.5 Å². The maximum Gasteiger partial charge on any atom is 0.271 e. The molecule has 4 rings (SSSR count). The highest BCUT2D eigenvalue weighted by Crippen LogP contribution is 2.18. The van der Waals surface area contributed by atoms with Crippen molar-refractivity contribution in [2.75, 3.05) is 26.3 Å². The highest BCUT2D eigenvalue weighted by Gasteiger charge is 2.26. The highest BCUT2D eigenvalue weighted by molar-refractivity contribution is 7.89. The van der Waals surface area contributed by atoms with Gasteiger partial charge in [-0.3, -0.25) is 4.79 Å². The van der Waals surface area contributed by atoms with Gasteiger partial charge in [0.15, 0.2) is 0 Å². The number of carbonyl (C=O) groups is 1. The third-order valence-corrected chi connectivity index (χ3v) is 6.75. The van der Waals surface area contributed by atoms with Crippen LogP contribution in [-0.2, 0) is 21.3 Å². The number of pyridine rings is 1. The molecule has 1 fully saturated rings. The number of nitrogens with one attached hydrogen (secondary N) is 1. The van der Waals surface area contributed by atoms with Crippen molar-refractivity contribution >= 4 is 21.6 Å². The third kappa shape index (κ3) is 4.16. The smallest absolute Gasteiger partial charge is 0.271 e. The lowest BCUT2D eigenvalue weighted by Crippen LogP contribution is -2.40. The van der Waals surface area contributed by atoms with Gasteiger partial charge in [-0.05, 0) is 42.3 Å². The Morgan fingerprint density at radius 1 is 1.17 bits per heavy atom.